The smallest absolute Gasteiger partial charge is 0.327 e. The summed E-state index contributed by atoms with van der Waals surface area (Å²) in [7, 11) is -3.55. The summed E-state index contributed by atoms with van der Waals surface area (Å²) in [5, 5.41) is 9.39. The van der Waals surface area contributed by atoms with Crippen LogP contribution in [-0.4, -0.2) is 31.0 Å². The second-order valence-electron chi connectivity index (χ2n) is 7.06. The molecule has 2 N–H and O–H groups in total. The van der Waals surface area contributed by atoms with Gasteiger partial charge in [-0.15, -0.1) is 0 Å². The number of rotatable bonds is 13. The molecule has 1 aromatic carbocycles. The third-order valence-corrected chi connectivity index (χ3v) is 6.42. The predicted molar refractivity (Wildman–Crippen MR) is 118 cm³/mol. The average molecular weight is 451 g/mol. The zero-order chi connectivity index (χ0) is 21.8. The van der Waals surface area contributed by atoms with Crippen molar-refractivity contribution in [1.82, 2.24) is 9.71 Å². The number of hydrogen-bond donors (Lipinski definition) is 2. The van der Waals surface area contributed by atoms with Crippen molar-refractivity contribution in [2.75, 3.05) is 6.54 Å². The Kier molecular flexibility index (Phi) is 10.00. The first-order valence-corrected chi connectivity index (χ1v) is 11.8. The number of nitrogens with one attached hydrogen (secondary N) is 1. The Morgan fingerprint density at radius 1 is 1.13 bits per heavy atom. The number of pyridine rings is 1. The lowest BCUT2D eigenvalue weighted by molar-refractivity contribution is -0.131. The summed E-state index contributed by atoms with van der Waals surface area (Å²) in [6.45, 7) is 0.329. The number of unbranched alkanes of at least 4 members (excludes halogenated alkanes) is 1. The second-order valence-corrected chi connectivity index (χ2v) is 9.26. The number of hydrogen-bond acceptors (Lipinski definition) is 4. The lowest BCUT2D eigenvalue weighted by atomic mass is 9.94. The van der Waals surface area contributed by atoms with Gasteiger partial charge in [0.05, 0.1) is 4.90 Å². The molecule has 8 heteroatoms. The maximum Gasteiger partial charge on any atom is 0.327 e. The van der Waals surface area contributed by atoms with Gasteiger partial charge in [0.2, 0.25) is 10.0 Å². The van der Waals surface area contributed by atoms with E-state index >= 15 is 0 Å². The Hall–Kier alpha value is -2.22. The molecule has 0 fully saturated rings. The normalized spacial score (nSPS) is 12.8. The van der Waals surface area contributed by atoms with Crippen molar-refractivity contribution >= 4 is 27.6 Å². The Morgan fingerprint density at radius 3 is 2.53 bits per heavy atom. The average Bonchev–Trinajstić information content (AvgIpc) is 2.72. The number of benzene rings is 1. The van der Waals surface area contributed by atoms with E-state index in [1.807, 2.05) is 18.3 Å². The molecule has 0 amide bonds. The van der Waals surface area contributed by atoms with E-state index in [4.69, 9.17) is 16.7 Å². The predicted octanol–water partition coefficient (Wildman–Crippen LogP) is 4.46. The van der Waals surface area contributed by atoms with E-state index in [9.17, 15) is 13.2 Å². The molecule has 0 radical (unpaired) electrons. The molecule has 0 aliphatic rings. The number of carboxylic acids is 1. The molecule has 0 spiro atoms. The minimum atomic E-state index is -3.55. The number of aromatic nitrogens is 1. The van der Waals surface area contributed by atoms with Gasteiger partial charge in [-0.2, -0.15) is 0 Å². The molecule has 2 aromatic rings. The molecule has 0 saturated carbocycles. The number of allylic oxidation sites excluding steroid dienone is 1. The molecule has 0 aliphatic heterocycles. The zero-order valence-corrected chi connectivity index (χ0v) is 18.3. The highest BCUT2D eigenvalue weighted by molar-refractivity contribution is 7.89. The highest BCUT2D eigenvalue weighted by atomic mass is 35.5. The standard InChI is InChI=1S/C22H27ClN2O4S/c23-20-10-12-21(13-11-20)30(28,29)25-16-2-1-5-18(9-14-22(26)27)6-3-7-19-8-4-15-24-17-19/h4,8-15,17-18,25H,1-3,5-7,16H2,(H,26,27)/b14-9+. The molecule has 1 atom stereocenters. The Labute approximate surface area is 183 Å². The van der Waals surface area contributed by atoms with Crippen LogP contribution in [-0.2, 0) is 21.2 Å². The van der Waals surface area contributed by atoms with Gasteiger partial charge in [0.15, 0.2) is 0 Å². The minimum absolute atomic E-state index is 0.144. The first kappa shape index (κ1) is 24.1. The van der Waals surface area contributed by atoms with Gasteiger partial charge in [0.25, 0.3) is 0 Å². The fourth-order valence-electron chi connectivity index (χ4n) is 3.10. The van der Waals surface area contributed by atoms with Gasteiger partial charge in [-0.25, -0.2) is 17.9 Å². The van der Waals surface area contributed by atoms with Crippen LogP contribution in [0.4, 0.5) is 0 Å². The molecule has 2 rings (SSSR count). The van der Waals surface area contributed by atoms with Crippen LogP contribution in [0.2, 0.25) is 5.02 Å². The maximum atomic E-state index is 12.3. The number of aryl methyl sites for hydroxylation is 1. The van der Waals surface area contributed by atoms with E-state index in [2.05, 4.69) is 9.71 Å². The summed E-state index contributed by atoms with van der Waals surface area (Å²) in [6, 6.07) is 9.96. The number of nitrogens with zero attached hydrogens (tertiary/aromatic N) is 1. The van der Waals surface area contributed by atoms with Crippen LogP contribution in [0.1, 0.15) is 37.7 Å². The van der Waals surface area contributed by atoms with Gasteiger partial charge < -0.3 is 5.11 Å². The van der Waals surface area contributed by atoms with Crippen LogP contribution in [0.3, 0.4) is 0 Å². The van der Waals surface area contributed by atoms with E-state index in [0.29, 0.717) is 18.0 Å². The van der Waals surface area contributed by atoms with Crippen molar-refractivity contribution in [2.24, 2.45) is 5.92 Å². The molecule has 6 nitrogen and oxygen atoms in total. The fourth-order valence-corrected chi connectivity index (χ4v) is 4.30. The van der Waals surface area contributed by atoms with Gasteiger partial charge in [-0.3, -0.25) is 4.98 Å². The molecule has 30 heavy (non-hydrogen) atoms. The summed E-state index contributed by atoms with van der Waals surface area (Å²) in [5.74, 6) is -0.811. The number of aliphatic carboxylic acids is 1. The van der Waals surface area contributed by atoms with E-state index in [1.165, 1.54) is 18.2 Å². The van der Waals surface area contributed by atoms with Gasteiger partial charge in [0, 0.05) is 30.0 Å². The Morgan fingerprint density at radius 2 is 1.87 bits per heavy atom. The molecular weight excluding hydrogens is 424 g/mol. The SMILES string of the molecule is O=C(O)/C=C/C(CCCCNS(=O)(=O)c1ccc(Cl)cc1)CCCc1cccnc1. The van der Waals surface area contributed by atoms with Crippen LogP contribution < -0.4 is 4.72 Å². The number of sulfonamides is 1. The molecule has 162 valence electrons. The summed E-state index contributed by atoms with van der Waals surface area (Å²) >= 11 is 5.79. The van der Waals surface area contributed by atoms with Crippen molar-refractivity contribution < 1.29 is 18.3 Å². The maximum absolute atomic E-state index is 12.3. The molecule has 0 bridgehead atoms. The molecule has 1 unspecified atom stereocenters. The highest BCUT2D eigenvalue weighted by Gasteiger charge is 2.13. The summed E-state index contributed by atoms with van der Waals surface area (Å²) < 4.78 is 27.1. The van der Waals surface area contributed by atoms with Crippen LogP contribution in [0.25, 0.3) is 0 Å². The Balaban J connectivity index is 1.75. The first-order chi connectivity index (χ1) is 14.4. The summed E-state index contributed by atoms with van der Waals surface area (Å²) in [4.78, 5) is 15.1. The van der Waals surface area contributed by atoms with Crippen molar-refractivity contribution in [3.8, 4) is 0 Å². The topological polar surface area (TPSA) is 96.4 Å². The second kappa shape index (κ2) is 12.5. The van der Waals surface area contributed by atoms with Crippen molar-refractivity contribution in [3.63, 3.8) is 0 Å². The third kappa shape index (κ3) is 9.07. The quantitative estimate of drug-likeness (QED) is 0.347. The van der Waals surface area contributed by atoms with E-state index in [-0.39, 0.29) is 10.8 Å². The first-order valence-electron chi connectivity index (χ1n) is 9.92. The number of carboxylic acid groups (broad SMARTS) is 1. The molecule has 1 aromatic heterocycles. The lowest BCUT2D eigenvalue weighted by Gasteiger charge is -2.13. The number of halogens is 1. The molecular formula is C22H27ClN2O4S. The van der Waals surface area contributed by atoms with Gasteiger partial charge in [-0.1, -0.05) is 30.2 Å². The van der Waals surface area contributed by atoms with E-state index in [1.54, 1.807) is 24.4 Å². The van der Waals surface area contributed by atoms with Crippen molar-refractivity contribution in [2.45, 2.75) is 43.4 Å². The lowest BCUT2D eigenvalue weighted by Crippen LogP contribution is -2.24. The van der Waals surface area contributed by atoms with Crippen LogP contribution in [0, 0.1) is 5.92 Å². The monoisotopic (exact) mass is 450 g/mol. The summed E-state index contributed by atoms with van der Waals surface area (Å²) in [6.07, 6.45) is 11.5. The minimum Gasteiger partial charge on any atom is -0.478 e. The highest BCUT2D eigenvalue weighted by Crippen LogP contribution is 2.19. The van der Waals surface area contributed by atoms with Gasteiger partial charge >= 0.3 is 5.97 Å². The number of carbonyl (C=O) groups is 1. The van der Waals surface area contributed by atoms with Gasteiger partial charge in [0.1, 0.15) is 0 Å². The van der Waals surface area contributed by atoms with Crippen molar-refractivity contribution in [1.29, 1.82) is 0 Å². The van der Waals surface area contributed by atoms with Crippen LogP contribution in [0.5, 0.6) is 0 Å². The molecule has 1 heterocycles. The van der Waals surface area contributed by atoms with Crippen LogP contribution >= 0.6 is 11.6 Å². The zero-order valence-electron chi connectivity index (χ0n) is 16.7. The van der Waals surface area contributed by atoms with Crippen molar-refractivity contribution in [3.05, 3.63) is 71.5 Å². The largest absolute Gasteiger partial charge is 0.478 e. The van der Waals surface area contributed by atoms with Gasteiger partial charge in [-0.05, 0) is 73.9 Å². The Bertz CT molecular complexity index is 916. The third-order valence-electron chi connectivity index (χ3n) is 4.69. The van der Waals surface area contributed by atoms with E-state index < -0.39 is 16.0 Å². The fraction of sp³-hybridized carbons (Fsp3) is 0.364. The van der Waals surface area contributed by atoms with Crippen LogP contribution in [0.15, 0.2) is 65.8 Å². The summed E-state index contributed by atoms with van der Waals surface area (Å²) in [5.41, 5.74) is 1.16. The van der Waals surface area contributed by atoms with E-state index in [0.717, 1.165) is 37.7 Å². The molecule has 0 saturated heterocycles. The molecule has 0 aliphatic carbocycles.